The highest BCUT2D eigenvalue weighted by Gasteiger charge is 2.19. The monoisotopic (exact) mass is 312 g/mol. The Bertz CT molecular complexity index is 326. The summed E-state index contributed by atoms with van der Waals surface area (Å²) in [5.41, 5.74) is 0.371. The van der Waals surface area contributed by atoms with E-state index in [1.165, 1.54) is 0 Å². The molecule has 0 aliphatic heterocycles. The summed E-state index contributed by atoms with van der Waals surface area (Å²) in [4.78, 5) is 32.8. The maximum absolute atomic E-state index is 11.3. The molecule has 0 radical (unpaired) electrons. The van der Waals surface area contributed by atoms with Gasteiger partial charge >= 0.3 is 13.8 Å². The van der Waals surface area contributed by atoms with E-state index in [1.54, 1.807) is 13.8 Å². The van der Waals surface area contributed by atoms with Crippen LogP contribution in [0, 0.1) is 0 Å². The van der Waals surface area contributed by atoms with Crippen molar-refractivity contribution < 1.29 is 33.9 Å². The number of aliphatic hydroxyl groups excluding tert-OH is 1. The van der Waals surface area contributed by atoms with E-state index in [4.69, 9.17) is 24.0 Å². The van der Waals surface area contributed by atoms with Gasteiger partial charge in [-0.3, -0.25) is 0 Å². The lowest BCUT2D eigenvalue weighted by Gasteiger charge is -2.20. The minimum Gasteiger partial charge on any atom is -0.456 e. The van der Waals surface area contributed by atoms with Gasteiger partial charge < -0.3 is 24.5 Å². The van der Waals surface area contributed by atoms with Crippen LogP contribution in [-0.4, -0.2) is 38.0 Å². The largest absolute Gasteiger partial charge is 0.466 e. The van der Waals surface area contributed by atoms with Crippen molar-refractivity contribution >= 4 is 13.8 Å². The lowest BCUT2D eigenvalue weighted by atomic mass is 10.1. The van der Waals surface area contributed by atoms with Crippen LogP contribution in [0.1, 0.15) is 46.5 Å². The van der Waals surface area contributed by atoms with E-state index < -0.39 is 26.0 Å². The molecule has 120 valence electrons. The molecular weight excluding hydrogens is 287 g/mol. The highest BCUT2D eigenvalue weighted by atomic mass is 31.2. The smallest absolute Gasteiger partial charge is 0.456 e. The number of ether oxygens (including phenoxy) is 1. The van der Waals surface area contributed by atoms with Crippen molar-refractivity contribution in [3.05, 3.63) is 12.2 Å². The molecule has 0 aromatic carbocycles. The summed E-state index contributed by atoms with van der Waals surface area (Å²) in [7, 11) is -4.64. The number of carbonyl (C=O) groups excluding carboxylic acids is 1. The molecule has 4 N–H and O–H groups in total. The van der Waals surface area contributed by atoms with Crippen molar-refractivity contribution in [2.24, 2.45) is 0 Å². The van der Waals surface area contributed by atoms with Crippen LogP contribution in [0.4, 0.5) is 0 Å². The lowest BCUT2D eigenvalue weighted by molar-refractivity contribution is -0.150. The van der Waals surface area contributed by atoms with Gasteiger partial charge in [-0.05, 0) is 26.7 Å². The first-order valence-corrected chi connectivity index (χ1v) is 7.88. The number of unbranched alkanes of at least 4 members (excludes halogenated alkanes) is 2. The molecule has 2 atom stereocenters. The minimum absolute atomic E-state index is 0.371. The zero-order valence-corrected chi connectivity index (χ0v) is 13.0. The Balaban J connectivity index is 0. The number of hydrogen-bond donors (Lipinski definition) is 4. The number of carbonyl (C=O) groups is 1. The van der Waals surface area contributed by atoms with Gasteiger partial charge in [-0.1, -0.05) is 26.3 Å². The quantitative estimate of drug-likeness (QED) is 0.243. The summed E-state index contributed by atoms with van der Waals surface area (Å²) >= 11 is 0. The Morgan fingerprint density at radius 1 is 1.30 bits per heavy atom. The average molecular weight is 312 g/mol. The lowest BCUT2D eigenvalue weighted by Crippen LogP contribution is -2.29. The van der Waals surface area contributed by atoms with Crippen molar-refractivity contribution in [1.29, 1.82) is 0 Å². The highest BCUT2D eigenvalue weighted by Crippen LogP contribution is 2.25. The molecule has 0 aliphatic rings. The number of rotatable bonds is 7. The molecule has 0 fully saturated rings. The summed E-state index contributed by atoms with van der Waals surface area (Å²) in [5, 5.41) is 9.44. The highest BCUT2D eigenvalue weighted by molar-refractivity contribution is 7.45. The summed E-state index contributed by atoms with van der Waals surface area (Å²) in [6.07, 6.45) is 2.86. The minimum atomic E-state index is -4.64. The van der Waals surface area contributed by atoms with E-state index in [2.05, 4.69) is 13.5 Å². The van der Waals surface area contributed by atoms with E-state index in [0.717, 1.165) is 19.3 Å². The molecule has 0 bridgehead atoms. The Morgan fingerprint density at radius 3 is 2.05 bits per heavy atom. The third-order valence-corrected chi connectivity index (χ3v) is 2.24. The predicted octanol–water partition coefficient (Wildman–Crippen LogP) is 1.51. The van der Waals surface area contributed by atoms with Crippen LogP contribution in [0.3, 0.4) is 0 Å². The topological polar surface area (TPSA) is 124 Å². The fourth-order valence-electron chi connectivity index (χ4n) is 1.23. The van der Waals surface area contributed by atoms with Crippen LogP contribution in [0.15, 0.2) is 12.2 Å². The summed E-state index contributed by atoms with van der Waals surface area (Å²) in [6, 6.07) is 0. The van der Waals surface area contributed by atoms with Gasteiger partial charge in [0.2, 0.25) is 0 Å². The molecule has 20 heavy (non-hydrogen) atoms. The molecule has 0 amide bonds. The van der Waals surface area contributed by atoms with Gasteiger partial charge in [-0.15, -0.1) is 0 Å². The van der Waals surface area contributed by atoms with Gasteiger partial charge in [0.05, 0.1) is 6.10 Å². The van der Waals surface area contributed by atoms with Crippen LogP contribution in [-0.2, 0) is 14.1 Å². The fraction of sp³-hybridized carbons (Fsp3) is 0.750. The molecule has 0 spiro atoms. The molecule has 8 heteroatoms. The fourth-order valence-corrected chi connectivity index (χ4v) is 1.23. The first-order chi connectivity index (χ1) is 8.99. The van der Waals surface area contributed by atoms with Gasteiger partial charge in [0, 0.05) is 5.57 Å². The van der Waals surface area contributed by atoms with Crippen molar-refractivity contribution in [2.75, 3.05) is 0 Å². The zero-order chi connectivity index (χ0) is 16.3. The molecule has 0 aliphatic carbocycles. The van der Waals surface area contributed by atoms with Crippen LogP contribution in [0.2, 0.25) is 0 Å². The van der Waals surface area contributed by atoms with Gasteiger partial charge in [-0.2, -0.15) is 0 Å². The van der Waals surface area contributed by atoms with Crippen molar-refractivity contribution in [1.82, 2.24) is 0 Å². The van der Waals surface area contributed by atoms with Crippen molar-refractivity contribution in [2.45, 2.75) is 58.7 Å². The standard InChI is InChI=1S/C12H22O3.H3O4P/c1-5-6-7-8-11(10(4)13)15-12(14)9(2)3;1-5(2,3)4/h10-11,13H,2,5-8H2,1,3-4H3;(H3,1,2,3,4). The normalized spacial score (nSPS) is 13.8. The number of aliphatic hydroxyl groups is 1. The number of hydrogen-bond acceptors (Lipinski definition) is 4. The van der Waals surface area contributed by atoms with Gasteiger partial charge in [-0.25, -0.2) is 9.36 Å². The second-order valence-corrected chi connectivity index (χ2v) is 5.50. The van der Waals surface area contributed by atoms with Crippen LogP contribution in [0.5, 0.6) is 0 Å². The molecule has 0 aromatic heterocycles. The van der Waals surface area contributed by atoms with E-state index in [9.17, 15) is 9.90 Å². The molecule has 2 unspecified atom stereocenters. The molecule has 0 aromatic rings. The predicted molar refractivity (Wildman–Crippen MR) is 74.8 cm³/mol. The SMILES string of the molecule is C=C(C)C(=O)OC(CCCCC)C(C)O.O=P(O)(O)O. The molecule has 0 rings (SSSR count). The maximum Gasteiger partial charge on any atom is 0.466 e. The molecule has 0 saturated heterocycles. The zero-order valence-electron chi connectivity index (χ0n) is 12.2. The number of esters is 1. The van der Waals surface area contributed by atoms with Gasteiger partial charge in [0.15, 0.2) is 0 Å². The first kappa shape index (κ1) is 21.6. The van der Waals surface area contributed by atoms with E-state index in [-0.39, 0.29) is 0 Å². The summed E-state index contributed by atoms with van der Waals surface area (Å²) < 4.78 is 14.0. The second-order valence-electron chi connectivity index (χ2n) is 4.47. The summed E-state index contributed by atoms with van der Waals surface area (Å²) in [6.45, 7) is 8.86. The Kier molecular flexibility index (Phi) is 11.9. The number of phosphoric acid groups is 1. The van der Waals surface area contributed by atoms with Gasteiger partial charge in [0.25, 0.3) is 0 Å². The van der Waals surface area contributed by atoms with Crippen LogP contribution >= 0.6 is 7.82 Å². The van der Waals surface area contributed by atoms with Crippen LogP contribution < -0.4 is 0 Å². The maximum atomic E-state index is 11.3. The Morgan fingerprint density at radius 2 is 1.75 bits per heavy atom. The molecule has 7 nitrogen and oxygen atoms in total. The Hall–Kier alpha value is -0.720. The average Bonchev–Trinajstić information content (AvgIpc) is 2.25. The van der Waals surface area contributed by atoms with Crippen molar-refractivity contribution in [3.8, 4) is 0 Å². The van der Waals surface area contributed by atoms with E-state index >= 15 is 0 Å². The first-order valence-electron chi connectivity index (χ1n) is 6.31. The molecule has 0 saturated carbocycles. The molecule has 0 heterocycles. The van der Waals surface area contributed by atoms with Gasteiger partial charge in [0.1, 0.15) is 6.10 Å². The van der Waals surface area contributed by atoms with E-state index in [0.29, 0.717) is 12.0 Å². The van der Waals surface area contributed by atoms with Crippen molar-refractivity contribution in [3.63, 3.8) is 0 Å². The van der Waals surface area contributed by atoms with Crippen LogP contribution in [0.25, 0.3) is 0 Å². The third kappa shape index (κ3) is 17.3. The molecular formula is C12H25O7P. The van der Waals surface area contributed by atoms with E-state index in [1.807, 2.05) is 0 Å². The summed E-state index contributed by atoms with van der Waals surface area (Å²) in [5.74, 6) is -0.419. The third-order valence-electron chi connectivity index (χ3n) is 2.24. The second kappa shape index (κ2) is 11.0. The Labute approximate surface area is 119 Å².